The predicted octanol–water partition coefficient (Wildman–Crippen LogP) is 3.79. The summed E-state index contributed by atoms with van der Waals surface area (Å²) in [6, 6.07) is 8.83. The summed E-state index contributed by atoms with van der Waals surface area (Å²) in [4.78, 5) is 7.06. The van der Waals surface area contributed by atoms with E-state index >= 15 is 0 Å². The number of rotatable bonds is 9. The van der Waals surface area contributed by atoms with E-state index in [9.17, 15) is 0 Å². The van der Waals surface area contributed by atoms with Crippen LogP contribution in [0.5, 0.6) is 0 Å². The smallest absolute Gasteiger partial charge is 0.191 e. The third-order valence-corrected chi connectivity index (χ3v) is 6.80. The first-order chi connectivity index (χ1) is 14.1. The molecular weight excluding hydrogens is 360 g/mol. The molecule has 0 bridgehead atoms. The molecule has 1 aliphatic heterocycles. The van der Waals surface area contributed by atoms with Gasteiger partial charge in [0.1, 0.15) is 0 Å². The fourth-order valence-corrected chi connectivity index (χ4v) is 4.74. The number of guanidine groups is 1. The van der Waals surface area contributed by atoms with Crippen molar-refractivity contribution in [3.63, 3.8) is 0 Å². The molecule has 1 heterocycles. The van der Waals surface area contributed by atoms with E-state index in [0.29, 0.717) is 5.41 Å². The van der Waals surface area contributed by atoms with Gasteiger partial charge in [0.2, 0.25) is 0 Å². The fraction of sp³-hybridized carbons (Fsp3) is 0.708. The van der Waals surface area contributed by atoms with Crippen molar-refractivity contribution in [3.8, 4) is 0 Å². The van der Waals surface area contributed by atoms with E-state index in [4.69, 9.17) is 4.74 Å². The number of benzene rings is 1. The molecule has 1 saturated heterocycles. The highest BCUT2D eigenvalue weighted by molar-refractivity contribution is 5.79. The molecule has 1 aromatic rings. The summed E-state index contributed by atoms with van der Waals surface area (Å²) in [5.41, 5.74) is 3.18. The molecule has 1 aromatic carbocycles. The zero-order valence-corrected chi connectivity index (χ0v) is 18.7. The molecule has 2 N–H and O–H groups in total. The van der Waals surface area contributed by atoms with Gasteiger partial charge < -0.3 is 15.4 Å². The Morgan fingerprint density at radius 2 is 2.00 bits per heavy atom. The second-order valence-corrected chi connectivity index (χ2v) is 9.13. The lowest BCUT2D eigenvalue weighted by Crippen LogP contribution is -2.46. The monoisotopic (exact) mass is 400 g/mol. The summed E-state index contributed by atoms with van der Waals surface area (Å²) in [5.74, 6) is 1.71. The van der Waals surface area contributed by atoms with E-state index in [0.717, 1.165) is 44.5 Å². The number of hydrogen-bond donors (Lipinski definition) is 2. The molecule has 29 heavy (non-hydrogen) atoms. The Labute approximate surface area is 177 Å². The number of hydrogen-bond acceptors (Lipinski definition) is 3. The highest BCUT2D eigenvalue weighted by Crippen LogP contribution is 2.43. The Hall–Kier alpha value is -1.59. The molecule has 5 heteroatoms. The summed E-state index contributed by atoms with van der Waals surface area (Å²) < 4.78 is 5.32. The van der Waals surface area contributed by atoms with Crippen LogP contribution in [0.1, 0.15) is 56.6 Å². The number of aliphatic imine (C=N–C) groups is 1. The minimum atomic E-state index is 0.385. The maximum Gasteiger partial charge on any atom is 0.191 e. The van der Waals surface area contributed by atoms with E-state index in [-0.39, 0.29) is 0 Å². The highest BCUT2D eigenvalue weighted by Gasteiger charge is 2.36. The Bertz CT molecular complexity index is 656. The van der Waals surface area contributed by atoms with Crippen LogP contribution in [0.4, 0.5) is 0 Å². The van der Waals surface area contributed by atoms with E-state index < -0.39 is 0 Å². The van der Waals surface area contributed by atoms with Gasteiger partial charge in [-0.3, -0.25) is 9.89 Å². The van der Waals surface area contributed by atoms with Crippen LogP contribution in [-0.4, -0.2) is 51.3 Å². The maximum atomic E-state index is 5.32. The quantitative estimate of drug-likeness (QED) is 0.489. The minimum absolute atomic E-state index is 0.385. The first kappa shape index (κ1) is 22.1. The first-order valence-electron chi connectivity index (χ1n) is 11.4. The molecule has 0 aromatic heterocycles. The number of nitrogens with one attached hydrogen (secondary N) is 2. The largest absolute Gasteiger partial charge is 0.385 e. The SMILES string of the molecule is CN=C(NCc1ccccc1CN1CCCC(C)C1)NCC1(CCOC)CCC1. The highest BCUT2D eigenvalue weighted by atomic mass is 16.5. The summed E-state index contributed by atoms with van der Waals surface area (Å²) in [7, 11) is 3.65. The zero-order chi connectivity index (χ0) is 20.5. The summed E-state index contributed by atoms with van der Waals surface area (Å²) in [5, 5.41) is 7.11. The second kappa shape index (κ2) is 11.0. The van der Waals surface area contributed by atoms with Gasteiger partial charge in [0.15, 0.2) is 5.96 Å². The normalized spacial score (nSPS) is 22.2. The lowest BCUT2D eigenvalue weighted by Gasteiger charge is -2.42. The van der Waals surface area contributed by atoms with Gasteiger partial charge in [-0.25, -0.2) is 0 Å². The van der Waals surface area contributed by atoms with Gasteiger partial charge >= 0.3 is 0 Å². The van der Waals surface area contributed by atoms with Crippen molar-refractivity contribution in [2.75, 3.05) is 40.4 Å². The van der Waals surface area contributed by atoms with Crippen LogP contribution < -0.4 is 10.6 Å². The average Bonchev–Trinajstić information content (AvgIpc) is 2.70. The Kier molecular flexibility index (Phi) is 8.37. The fourth-order valence-electron chi connectivity index (χ4n) is 4.74. The number of methoxy groups -OCH3 is 1. The molecule has 0 amide bonds. The lowest BCUT2D eigenvalue weighted by atomic mass is 9.67. The van der Waals surface area contributed by atoms with Crippen molar-refractivity contribution in [1.82, 2.24) is 15.5 Å². The van der Waals surface area contributed by atoms with E-state index in [1.807, 2.05) is 7.05 Å². The molecule has 1 saturated carbocycles. The Balaban J connectivity index is 1.51. The number of nitrogens with zero attached hydrogens (tertiary/aromatic N) is 2. The van der Waals surface area contributed by atoms with Crippen molar-refractivity contribution in [2.24, 2.45) is 16.3 Å². The van der Waals surface area contributed by atoms with Crippen molar-refractivity contribution < 1.29 is 4.74 Å². The maximum absolute atomic E-state index is 5.32. The van der Waals surface area contributed by atoms with Gasteiger partial charge in [-0.05, 0) is 61.1 Å². The van der Waals surface area contributed by atoms with Crippen molar-refractivity contribution in [2.45, 2.75) is 58.5 Å². The second-order valence-electron chi connectivity index (χ2n) is 9.13. The van der Waals surface area contributed by atoms with Gasteiger partial charge in [0.25, 0.3) is 0 Å². The van der Waals surface area contributed by atoms with Crippen molar-refractivity contribution in [3.05, 3.63) is 35.4 Å². The average molecular weight is 401 g/mol. The number of ether oxygens (including phenoxy) is 1. The topological polar surface area (TPSA) is 48.9 Å². The van der Waals surface area contributed by atoms with Gasteiger partial charge in [0, 0.05) is 46.9 Å². The van der Waals surface area contributed by atoms with Gasteiger partial charge in [0.05, 0.1) is 0 Å². The molecule has 1 atom stereocenters. The third-order valence-electron chi connectivity index (χ3n) is 6.80. The van der Waals surface area contributed by atoms with Crippen molar-refractivity contribution >= 4 is 5.96 Å². The molecule has 162 valence electrons. The van der Waals surface area contributed by atoms with Crippen LogP contribution in [0.2, 0.25) is 0 Å². The minimum Gasteiger partial charge on any atom is -0.385 e. The van der Waals surface area contributed by atoms with Crippen LogP contribution in [0.15, 0.2) is 29.3 Å². The lowest BCUT2D eigenvalue weighted by molar-refractivity contribution is 0.0732. The van der Waals surface area contributed by atoms with Gasteiger partial charge in [-0.2, -0.15) is 0 Å². The van der Waals surface area contributed by atoms with E-state index in [1.165, 1.54) is 56.3 Å². The van der Waals surface area contributed by atoms with E-state index in [1.54, 1.807) is 7.11 Å². The molecule has 3 rings (SSSR count). The van der Waals surface area contributed by atoms with Crippen LogP contribution in [0, 0.1) is 11.3 Å². The van der Waals surface area contributed by atoms with Crippen LogP contribution >= 0.6 is 0 Å². The Morgan fingerprint density at radius 1 is 1.21 bits per heavy atom. The molecule has 5 nitrogen and oxygen atoms in total. The molecule has 1 aliphatic carbocycles. The van der Waals surface area contributed by atoms with Gasteiger partial charge in [-0.1, -0.05) is 37.6 Å². The molecule has 1 unspecified atom stereocenters. The molecule has 0 spiro atoms. The number of piperidine rings is 1. The van der Waals surface area contributed by atoms with Crippen LogP contribution in [0.25, 0.3) is 0 Å². The first-order valence-corrected chi connectivity index (χ1v) is 11.4. The van der Waals surface area contributed by atoms with Crippen LogP contribution in [-0.2, 0) is 17.8 Å². The predicted molar refractivity (Wildman–Crippen MR) is 121 cm³/mol. The molecule has 0 radical (unpaired) electrons. The summed E-state index contributed by atoms with van der Waals surface area (Å²) >= 11 is 0. The summed E-state index contributed by atoms with van der Waals surface area (Å²) in [6.45, 7) is 8.49. The zero-order valence-electron chi connectivity index (χ0n) is 18.7. The van der Waals surface area contributed by atoms with E-state index in [2.05, 4.69) is 51.7 Å². The van der Waals surface area contributed by atoms with Gasteiger partial charge in [-0.15, -0.1) is 0 Å². The molecular formula is C24H40N4O. The molecule has 2 aliphatic rings. The standard InChI is InChI=1S/C24H40N4O/c1-20-8-6-14-28(17-20)18-22-10-5-4-9-21(22)16-26-23(25-2)27-19-24(11-7-12-24)13-15-29-3/h4-5,9-10,20H,6-8,11-19H2,1-3H3,(H2,25,26,27). The Morgan fingerprint density at radius 3 is 2.66 bits per heavy atom. The molecule has 2 fully saturated rings. The van der Waals surface area contributed by atoms with Crippen LogP contribution in [0.3, 0.4) is 0 Å². The van der Waals surface area contributed by atoms with Crippen molar-refractivity contribution in [1.29, 1.82) is 0 Å². The number of likely N-dealkylation sites (tertiary alicyclic amines) is 1. The summed E-state index contributed by atoms with van der Waals surface area (Å²) in [6.07, 6.45) is 7.73. The third kappa shape index (κ3) is 6.45.